The lowest BCUT2D eigenvalue weighted by Crippen LogP contribution is -2.40. The number of carbonyl (C=O) groups is 2. The lowest BCUT2D eigenvalue weighted by atomic mass is 10.1. The smallest absolute Gasteiger partial charge is 0.276 e. The van der Waals surface area contributed by atoms with Crippen LogP contribution in [0.1, 0.15) is 13.3 Å². The number of primary amides is 1. The quantitative estimate of drug-likeness (QED) is 0.721. The molecule has 2 amide bonds. The molecule has 0 aliphatic carbocycles. The Hall–Kier alpha value is -3.26. The zero-order valence-corrected chi connectivity index (χ0v) is 16.1. The molecule has 0 spiro atoms. The zero-order chi connectivity index (χ0) is 19.7. The fourth-order valence-electron chi connectivity index (χ4n) is 3.18. The van der Waals surface area contributed by atoms with Crippen molar-refractivity contribution in [2.75, 3.05) is 16.5 Å². The summed E-state index contributed by atoms with van der Waals surface area (Å²) in [5.41, 5.74) is 7.44. The highest BCUT2D eigenvalue weighted by Gasteiger charge is 2.37. The number of benzene rings is 2. The van der Waals surface area contributed by atoms with Gasteiger partial charge in [0.05, 0.1) is 15.9 Å². The van der Waals surface area contributed by atoms with Crippen LogP contribution >= 0.6 is 11.3 Å². The van der Waals surface area contributed by atoms with Crippen LogP contribution in [-0.4, -0.2) is 35.1 Å². The van der Waals surface area contributed by atoms with Gasteiger partial charge in [-0.1, -0.05) is 41.7 Å². The molecule has 1 aliphatic rings. The van der Waals surface area contributed by atoms with Crippen molar-refractivity contribution < 1.29 is 9.59 Å². The van der Waals surface area contributed by atoms with Gasteiger partial charge in [0.15, 0.2) is 5.13 Å². The van der Waals surface area contributed by atoms with Crippen molar-refractivity contribution in [2.45, 2.75) is 19.4 Å². The maximum absolute atomic E-state index is 13.2. The summed E-state index contributed by atoms with van der Waals surface area (Å²) in [7, 11) is 0. The van der Waals surface area contributed by atoms with Crippen LogP contribution in [0.15, 0.2) is 59.7 Å². The van der Waals surface area contributed by atoms with Gasteiger partial charge in [-0.05, 0) is 31.2 Å². The van der Waals surface area contributed by atoms with Crippen LogP contribution in [0.5, 0.6) is 0 Å². The van der Waals surface area contributed by atoms with Crippen molar-refractivity contribution in [1.29, 1.82) is 0 Å². The van der Waals surface area contributed by atoms with Crippen molar-refractivity contribution >= 4 is 49.9 Å². The maximum atomic E-state index is 13.2. The second kappa shape index (κ2) is 7.40. The minimum absolute atomic E-state index is 0.171. The lowest BCUT2D eigenvalue weighted by molar-refractivity contribution is -0.119. The summed E-state index contributed by atoms with van der Waals surface area (Å²) in [5, 5.41) is 6.59. The highest BCUT2D eigenvalue weighted by atomic mass is 32.1. The number of nitrogens with zero attached hydrogens (tertiary/aromatic N) is 4. The van der Waals surface area contributed by atoms with Gasteiger partial charge < -0.3 is 5.73 Å². The largest absolute Gasteiger partial charge is 0.368 e. The van der Waals surface area contributed by atoms with Crippen molar-refractivity contribution in [3.8, 4) is 0 Å². The van der Waals surface area contributed by atoms with E-state index < -0.39 is 11.9 Å². The van der Waals surface area contributed by atoms with E-state index in [1.165, 1.54) is 16.3 Å². The van der Waals surface area contributed by atoms with Gasteiger partial charge in [0, 0.05) is 13.0 Å². The van der Waals surface area contributed by atoms with E-state index in [9.17, 15) is 9.59 Å². The monoisotopic (exact) mass is 393 g/mol. The standard InChI is InChI=1S/C20H19N5O2S/c1-2-24(20-22-14-10-6-7-11-17(14)28-20)19(27)15-12-16(18(21)26)25(23-15)13-8-4-3-5-9-13/h3-11,16H,2,12H2,1H3,(H2,21,26). The summed E-state index contributed by atoms with van der Waals surface area (Å²) < 4.78 is 1.01. The van der Waals surface area contributed by atoms with Gasteiger partial charge in [-0.15, -0.1) is 0 Å². The van der Waals surface area contributed by atoms with Crippen LogP contribution in [0.2, 0.25) is 0 Å². The fraction of sp³-hybridized carbons (Fsp3) is 0.200. The topological polar surface area (TPSA) is 91.9 Å². The van der Waals surface area contributed by atoms with Gasteiger partial charge in [-0.2, -0.15) is 5.10 Å². The fourth-order valence-corrected chi connectivity index (χ4v) is 4.20. The molecule has 1 aliphatic heterocycles. The third kappa shape index (κ3) is 3.22. The van der Waals surface area contributed by atoms with Gasteiger partial charge in [-0.25, -0.2) is 4.98 Å². The Labute approximate surface area is 166 Å². The van der Waals surface area contributed by atoms with Crippen LogP contribution in [0.3, 0.4) is 0 Å². The van der Waals surface area contributed by atoms with Gasteiger partial charge >= 0.3 is 0 Å². The molecular weight excluding hydrogens is 374 g/mol. The van der Waals surface area contributed by atoms with E-state index >= 15 is 0 Å². The molecule has 2 heterocycles. The van der Waals surface area contributed by atoms with Crippen LogP contribution < -0.4 is 15.6 Å². The number of thiazole rings is 1. The molecule has 8 heteroatoms. The summed E-state index contributed by atoms with van der Waals surface area (Å²) in [6, 6.07) is 16.3. The van der Waals surface area contributed by atoms with Gasteiger partial charge in [0.2, 0.25) is 5.91 Å². The first-order valence-electron chi connectivity index (χ1n) is 8.97. The third-order valence-corrected chi connectivity index (χ3v) is 5.64. The molecule has 1 aromatic heterocycles. The first-order valence-corrected chi connectivity index (χ1v) is 9.78. The molecule has 142 valence electrons. The Morgan fingerprint density at radius 1 is 1.18 bits per heavy atom. The molecule has 0 saturated heterocycles. The average molecular weight is 393 g/mol. The zero-order valence-electron chi connectivity index (χ0n) is 15.3. The number of nitrogens with two attached hydrogens (primary N) is 1. The Morgan fingerprint density at radius 3 is 2.57 bits per heavy atom. The van der Waals surface area contributed by atoms with E-state index in [-0.39, 0.29) is 12.3 Å². The minimum atomic E-state index is -0.685. The average Bonchev–Trinajstić information content (AvgIpc) is 3.34. The second-order valence-electron chi connectivity index (χ2n) is 6.36. The summed E-state index contributed by atoms with van der Waals surface area (Å²) in [4.78, 5) is 31.3. The normalized spacial score (nSPS) is 16.2. The SMILES string of the molecule is CCN(C(=O)C1=NN(c2ccccc2)C(C(N)=O)C1)c1nc2ccccc2s1. The van der Waals surface area contributed by atoms with Gasteiger partial charge in [0.1, 0.15) is 11.8 Å². The number of carbonyl (C=O) groups excluding carboxylic acids is 2. The Kier molecular flexibility index (Phi) is 4.79. The lowest BCUT2D eigenvalue weighted by Gasteiger charge is -2.20. The van der Waals surface area contributed by atoms with Crippen molar-refractivity contribution in [2.24, 2.45) is 10.8 Å². The van der Waals surface area contributed by atoms with Crippen LogP contribution in [0.25, 0.3) is 10.2 Å². The predicted molar refractivity (Wildman–Crippen MR) is 112 cm³/mol. The third-order valence-electron chi connectivity index (χ3n) is 4.58. The number of rotatable bonds is 5. The molecule has 3 aromatic rings. The summed E-state index contributed by atoms with van der Waals surface area (Å²) >= 11 is 1.46. The molecule has 1 atom stereocenters. The Balaban J connectivity index is 1.66. The summed E-state index contributed by atoms with van der Waals surface area (Å²) in [5.74, 6) is -0.773. The number of para-hydroxylation sites is 2. The molecule has 1 unspecified atom stereocenters. The minimum Gasteiger partial charge on any atom is -0.368 e. The van der Waals surface area contributed by atoms with Gasteiger partial charge in [-0.3, -0.25) is 19.5 Å². The number of hydrazone groups is 1. The van der Waals surface area contributed by atoms with E-state index in [0.717, 1.165) is 15.9 Å². The maximum Gasteiger partial charge on any atom is 0.276 e. The molecule has 7 nitrogen and oxygen atoms in total. The van der Waals surface area contributed by atoms with Crippen molar-refractivity contribution in [3.63, 3.8) is 0 Å². The molecule has 0 saturated carbocycles. The number of hydrogen-bond donors (Lipinski definition) is 1. The molecule has 2 aromatic carbocycles. The Morgan fingerprint density at radius 2 is 1.89 bits per heavy atom. The van der Waals surface area contributed by atoms with Gasteiger partial charge in [0.25, 0.3) is 5.91 Å². The summed E-state index contributed by atoms with van der Waals surface area (Å²) in [6.45, 7) is 2.34. The van der Waals surface area contributed by atoms with E-state index in [2.05, 4.69) is 10.1 Å². The Bertz CT molecular complexity index is 1030. The number of amides is 2. The van der Waals surface area contributed by atoms with E-state index in [0.29, 0.717) is 17.4 Å². The molecule has 0 fully saturated rings. The number of aromatic nitrogens is 1. The van der Waals surface area contributed by atoms with E-state index in [4.69, 9.17) is 5.73 Å². The van der Waals surface area contributed by atoms with Crippen LogP contribution in [0.4, 0.5) is 10.8 Å². The molecule has 4 rings (SSSR count). The first-order chi connectivity index (χ1) is 13.6. The number of anilines is 2. The molecule has 28 heavy (non-hydrogen) atoms. The molecule has 0 radical (unpaired) electrons. The molecular formula is C20H19N5O2S. The predicted octanol–water partition coefficient (Wildman–Crippen LogP) is 2.77. The molecule has 2 N–H and O–H groups in total. The molecule has 0 bridgehead atoms. The van der Waals surface area contributed by atoms with Crippen LogP contribution in [-0.2, 0) is 9.59 Å². The van der Waals surface area contributed by atoms with Crippen LogP contribution in [0, 0.1) is 0 Å². The number of hydrogen-bond acceptors (Lipinski definition) is 6. The second-order valence-corrected chi connectivity index (χ2v) is 7.37. The summed E-state index contributed by atoms with van der Waals surface area (Å²) in [6.07, 6.45) is 0.171. The first kappa shape index (κ1) is 18.1. The van der Waals surface area contributed by atoms with E-state index in [1.807, 2.05) is 61.5 Å². The highest BCUT2D eigenvalue weighted by molar-refractivity contribution is 7.22. The van der Waals surface area contributed by atoms with Crippen molar-refractivity contribution in [1.82, 2.24) is 4.98 Å². The van der Waals surface area contributed by atoms with E-state index in [1.54, 1.807) is 4.90 Å². The van der Waals surface area contributed by atoms with Crippen molar-refractivity contribution in [3.05, 3.63) is 54.6 Å². The highest BCUT2D eigenvalue weighted by Crippen LogP contribution is 2.30. The number of fused-ring (bicyclic) bond motifs is 1.